The third-order valence-corrected chi connectivity index (χ3v) is 4.99. The molecule has 2 atom stereocenters. The maximum atomic E-state index is 12.2. The highest BCUT2D eigenvalue weighted by Gasteiger charge is 2.28. The molecule has 0 bridgehead atoms. The Bertz CT molecular complexity index is 490. The van der Waals surface area contributed by atoms with Crippen LogP contribution in [0.2, 0.25) is 0 Å². The van der Waals surface area contributed by atoms with Gasteiger partial charge in [0.1, 0.15) is 10.7 Å². The number of carbonyl (C=O) groups is 1. The Morgan fingerprint density at radius 1 is 1.55 bits per heavy atom. The quantitative estimate of drug-likeness (QED) is 0.816. The van der Waals surface area contributed by atoms with Gasteiger partial charge in [-0.1, -0.05) is 25.6 Å². The molecular formula is C14H19N3OS2. The molecule has 1 fully saturated rings. The summed E-state index contributed by atoms with van der Waals surface area (Å²) in [6.07, 6.45) is 4.95. The highest BCUT2D eigenvalue weighted by atomic mass is 32.2. The van der Waals surface area contributed by atoms with E-state index in [4.69, 9.17) is 18.0 Å². The number of pyridine rings is 1. The first kappa shape index (κ1) is 15.3. The Morgan fingerprint density at radius 2 is 2.35 bits per heavy atom. The maximum absolute atomic E-state index is 12.2. The topological polar surface area (TPSA) is 68.0 Å². The van der Waals surface area contributed by atoms with Crippen molar-refractivity contribution in [2.24, 2.45) is 5.73 Å². The first-order valence-corrected chi connectivity index (χ1v) is 8.26. The lowest BCUT2D eigenvalue weighted by molar-refractivity contribution is 0.0933. The summed E-state index contributed by atoms with van der Waals surface area (Å²) < 4.78 is 0. The second-order valence-electron chi connectivity index (χ2n) is 4.80. The van der Waals surface area contributed by atoms with Crippen LogP contribution in [-0.4, -0.2) is 32.9 Å². The third-order valence-electron chi connectivity index (χ3n) is 3.43. The number of thiocarbonyl (C=S) groups is 1. The Labute approximate surface area is 128 Å². The molecule has 1 aliphatic rings. The highest BCUT2D eigenvalue weighted by Crippen LogP contribution is 2.29. The van der Waals surface area contributed by atoms with E-state index in [0.717, 1.165) is 12.2 Å². The number of nitrogens with zero attached hydrogens (tertiary/aromatic N) is 1. The lowest BCUT2D eigenvalue weighted by Crippen LogP contribution is -2.39. The van der Waals surface area contributed by atoms with Crippen LogP contribution >= 0.6 is 24.0 Å². The Hall–Kier alpha value is -1.14. The molecule has 0 aliphatic heterocycles. The maximum Gasteiger partial charge on any atom is 0.270 e. The fraction of sp³-hybridized carbons (Fsp3) is 0.500. The van der Waals surface area contributed by atoms with Crippen LogP contribution in [0.15, 0.2) is 18.3 Å². The van der Waals surface area contributed by atoms with E-state index >= 15 is 0 Å². The van der Waals surface area contributed by atoms with Crippen LogP contribution < -0.4 is 11.1 Å². The molecule has 1 heterocycles. The second kappa shape index (κ2) is 7.04. The molecule has 108 valence electrons. The van der Waals surface area contributed by atoms with Gasteiger partial charge in [0.2, 0.25) is 0 Å². The van der Waals surface area contributed by atoms with E-state index < -0.39 is 0 Å². The van der Waals surface area contributed by atoms with E-state index in [1.807, 2.05) is 11.8 Å². The zero-order chi connectivity index (χ0) is 14.5. The zero-order valence-electron chi connectivity index (χ0n) is 11.5. The van der Waals surface area contributed by atoms with E-state index in [0.29, 0.717) is 21.5 Å². The van der Waals surface area contributed by atoms with E-state index in [-0.39, 0.29) is 11.9 Å². The van der Waals surface area contributed by atoms with Crippen molar-refractivity contribution in [3.63, 3.8) is 0 Å². The molecule has 0 radical (unpaired) electrons. The van der Waals surface area contributed by atoms with Gasteiger partial charge in [-0.15, -0.1) is 0 Å². The molecule has 1 aromatic heterocycles. The van der Waals surface area contributed by atoms with Gasteiger partial charge >= 0.3 is 0 Å². The first-order valence-electron chi connectivity index (χ1n) is 6.80. The average Bonchev–Trinajstić information content (AvgIpc) is 2.86. The van der Waals surface area contributed by atoms with Crippen LogP contribution in [0.4, 0.5) is 0 Å². The highest BCUT2D eigenvalue weighted by molar-refractivity contribution is 7.99. The van der Waals surface area contributed by atoms with Crippen molar-refractivity contribution in [1.29, 1.82) is 0 Å². The van der Waals surface area contributed by atoms with Gasteiger partial charge < -0.3 is 11.1 Å². The van der Waals surface area contributed by atoms with E-state index in [2.05, 4.69) is 17.2 Å². The molecule has 1 saturated carbocycles. The third kappa shape index (κ3) is 3.70. The second-order valence-corrected chi connectivity index (χ2v) is 6.76. The van der Waals surface area contributed by atoms with Crippen molar-refractivity contribution in [2.45, 2.75) is 37.5 Å². The van der Waals surface area contributed by atoms with Crippen molar-refractivity contribution in [3.05, 3.63) is 29.6 Å². The van der Waals surface area contributed by atoms with Gasteiger partial charge in [0, 0.05) is 23.1 Å². The molecule has 0 saturated heterocycles. The van der Waals surface area contributed by atoms with Crippen LogP contribution in [0.25, 0.3) is 0 Å². The molecule has 0 aromatic carbocycles. The largest absolute Gasteiger partial charge is 0.389 e. The van der Waals surface area contributed by atoms with Crippen LogP contribution in [0.5, 0.6) is 0 Å². The van der Waals surface area contributed by atoms with E-state index in [1.54, 1.807) is 18.3 Å². The number of hydrogen-bond acceptors (Lipinski definition) is 4. The number of nitrogens with two attached hydrogens (primary N) is 1. The Balaban J connectivity index is 1.99. The van der Waals surface area contributed by atoms with Gasteiger partial charge in [-0.3, -0.25) is 9.78 Å². The molecule has 0 spiro atoms. The predicted molar refractivity (Wildman–Crippen MR) is 87.1 cm³/mol. The lowest BCUT2D eigenvalue weighted by atomic mass is 10.2. The molecule has 2 rings (SSSR count). The summed E-state index contributed by atoms with van der Waals surface area (Å²) in [6.45, 7) is 2.15. The molecule has 1 amide bonds. The molecule has 6 heteroatoms. The number of carbonyl (C=O) groups excluding carboxylic acids is 1. The zero-order valence-corrected chi connectivity index (χ0v) is 13.1. The summed E-state index contributed by atoms with van der Waals surface area (Å²) in [4.78, 5) is 16.6. The van der Waals surface area contributed by atoms with Crippen molar-refractivity contribution >= 4 is 34.9 Å². The Kier molecular flexibility index (Phi) is 5.37. The van der Waals surface area contributed by atoms with Gasteiger partial charge in [0.25, 0.3) is 5.91 Å². The molecule has 1 aromatic rings. The van der Waals surface area contributed by atoms with Gasteiger partial charge in [-0.2, -0.15) is 11.8 Å². The number of thioether (sulfide) groups is 1. The van der Waals surface area contributed by atoms with Crippen LogP contribution in [0, 0.1) is 0 Å². The molecule has 20 heavy (non-hydrogen) atoms. The van der Waals surface area contributed by atoms with Gasteiger partial charge in [-0.05, 0) is 30.7 Å². The SMILES string of the molecule is CCSC1CCCC1NC(=O)c1ccc(C(N)=S)cn1. The standard InChI is InChI=1S/C14H19N3OS2/c1-2-20-12-5-3-4-10(12)17-14(18)11-7-6-9(8-16-11)13(15)19/h6-8,10,12H,2-5H2,1H3,(H2,15,19)(H,17,18). The molecule has 4 nitrogen and oxygen atoms in total. The summed E-state index contributed by atoms with van der Waals surface area (Å²) in [7, 11) is 0. The molecule has 1 aliphatic carbocycles. The number of hydrogen-bond donors (Lipinski definition) is 2. The lowest BCUT2D eigenvalue weighted by Gasteiger charge is -2.19. The number of aromatic nitrogens is 1. The van der Waals surface area contributed by atoms with Gasteiger partial charge in [-0.25, -0.2) is 0 Å². The van der Waals surface area contributed by atoms with Crippen molar-refractivity contribution in [1.82, 2.24) is 10.3 Å². The predicted octanol–water partition coefficient (Wildman–Crippen LogP) is 2.12. The van der Waals surface area contributed by atoms with Crippen LogP contribution in [0.1, 0.15) is 42.2 Å². The summed E-state index contributed by atoms with van der Waals surface area (Å²) in [5, 5.41) is 3.62. The monoisotopic (exact) mass is 309 g/mol. The fourth-order valence-electron chi connectivity index (χ4n) is 2.42. The number of amides is 1. The van der Waals surface area contributed by atoms with Crippen molar-refractivity contribution < 1.29 is 4.79 Å². The summed E-state index contributed by atoms with van der Waals surface area (Å²) in [5.74, 6) is 0.964. The summed E-state index contributed by atoms with van der Waals surface area (Å²) in [5.41, 5.74) is 6.60. The number of nitrogens with one attached hydrogen (secondary N) is 1. The van der Waals surface area contributed by atoms with Crippen molar-refractivity contribution in [3.8, 4) is 0 Å². The average molecular weight is 309 g/mol. The van der Waals surface area contributed by atoms with E-state index in [1.165, 1.54) is 12.8 Å². The smallest absolute Gasteiger partial charge is 0.270 e. The molecule has 2 unspecified atom stereocenters. The molecular weight excluding hydrogens is 290 g/mol. The fourth-order valence-corrected chi connectivity index (χ4v) is 3.74. The minimum Gasteiger partial charge on any atom is -0.389 e. The van der Waals surface area contributed by atoms with Crippen LogP contribution in [0.3, 0.4) is 0 Å². The Morgan fingerprint density at radius 3 is 2.95 bits per heavy atom. The normalized spacial score (nSPS) is 21.6. The minimum atomic E-state index is -0.118. The van der Waals surface area contributed by atoms with Crippen LogP contribution in [-0.2, 0) is 0 Å². The summed E-state index contributed by atoms with van der Waals surface area (Å²) in [6, 6.07) is 3.65. The van der Waals surface area contributed by atoms with E-state index in [9.17, 15) is 4.79 Å². The van der Waals surface area contributed by atoms with Crippen molar-refractivity contribution in [2.75, 3.05) is 5.75 Å². The number of rotatable bonds is 5. The molecule has 3 N–H and O–H groups in total. The minimum absolute atomic E-state index is 0.118. The first-order chi connectivity index (χ1) is 9.61. The van der Waals surface area contributed by atoms with Gasteiger partial charge in [0.05, 0.1) is 0 Å². The summed E-state index contributed by atoms with van der Waals surface area (Å²) >= 11 is 6.79. The van der Waals surface area contributed by atoms with Gasteiger partial charge in [0.15, 0.2) is 0 Å².